The quantitative estimate of drug-likeness (QED) is 0.942. The normalized spacial score (nSPS) is 11.2. The van der Waals surface area contributed by atoms with E-state index < -0.39 is 17.6 Å². The lowest BCUT2D eigenvalue weighted by Crippen LogP contribution is -2.10. The molecule has 0 saturated carbocycles. The third kappa shape index (κ3) is 3.16. The van der Waals surface area contributed by atoms with Crippen LogP contribution in [0.1, 0.15) is 15.9 Å². The van der Waals surface area contributed by atoms with E-state index in [1.54, 1.807) is 12.1 Å². The maximum atomic E-state index is 12.8. The topological polar surface area (TPSA) is 52.3 Å². The first-order valence-corrected chi connectivity index (χ1v) is 5.98. The molecule has 0 saturated heterocycles. The van der Waals surface area contributed by atoms with Crippen molar-refractivity contribution < 1.29 is 22.7 Å². The zero-order chi connectivity index (χ0) is 15.6. The van der Waals surface area contributed by atoms with E-state index in [0.717, 1.165) is 6.07 Å². The highest BCUT2D eigenvalue weighted by Gasteiger charge is 2.34. The van der Waals surface area contributed by atoms with E-state index in [2.05, 4.69) is 0 Å². The van der Waals surface area contributed by atoms with Crippen LogP contribution >= 0.6 is 0 Å². The summed E-state index contributed by atoms with van der Waals surface area (Å²) in [7, 11) is 1.17. The maximum absolute atomic E-state index is 12.8. The number of primary amides is 1. The minimum absolute atomic E-state index is 0.274. The molecule has 0 heterocycles. The maximum Gasteiger partial charge on any atom is 0.419 e. The Balaban J connectivity index is 2.51. The van der Waals surface area contributed by atoms with Crippen LogP contribution in [-0.2, 0) is 6.18 Å². The monoisotopic (exact) mass is 295 g/mol. The van der Waals surface area contributed by atoms with Crippen LogP contribution in [0.4, 0.5) is 13.2 Å². The Morgan fingerprint density at radius 3 is 2.33 bits per heavy atom. The van der Waals surface area contributed by atoms with E-state index in [1.807, 2.05) is 0 Å². The van der Waals surface area contributed by atoms with Gasteiger partial charge in [0.05, 0.1) is 12.7 Å². The summed E-state index contributed by atoms with van der Waals surface area (Å²) in [6.07, 6.45) is -4.49. The molecule has 0 spiro atoms. The smallest absolute Gasteiger partial charge is 0.419 e. The highest BCUT2D eigenvalue weighted by Crippen LogP contribution is 2.38. The lowest BCUT2D eigenvalue weighted by molar-refractivity contribution is -0.138. The Hall–Kier alpha value is -2.50. The zero-order valence-electron chi connectivity index (χ0n) is 11.1. The minimum atomic E-state index is -4.49. The third-order valence-electron chi connectivity index (χ3n) is 2.99. The van der Waals surface area contributed by atoms with Gasteiger partial charge >= 0.3 is 6.18 Å². The van der Waals surface area contributed by atoms with Crippen molar-refractivity contribution in [2.45, 2.75) is 6.18 Å². The first kappa shape index (κ1) is 14.9. The van der Waals surface area contributed by atoms with Crippen molar-refractivity contribution in [3.8, 4) is 16.9 Å². The average molecular weight is 295 g/mol. The first-order chi connectivity index (χ1) is 9.82. The largest absolute Gasteiger partial charge is 0.496 e. The molecule has 0 unspecified atom stereocenters. The summed E-state index contributed by atoms with van der Waals surface area (Å²) in [5.41, 5.74) is 5.71. The van der Waals surface area contributed by atoms with Gasteiger partial charge in [-0.15, -0.1) is 0 Å². The molecule has 0 bridgehead atoms. The molecule has 0 aliphatic rings. The summed E-state index contributed by atoms with van der Waals surface area (Å²) < 4.78 is 43.2. The predicted octanol–water partition coefficient (Wildman–Crippen LogP) is 3.48. The van der Waals surface area contributed by atoms with E-state index in [-0.39, 0.29) is 11.3 Å². The number of amides is 1. The van der Waals surface area contributed by atoms with Crippen LogP contribution < -0.4 is 10.5 Å². The number of nitrogens with two attached hydrogens (primary N) is 1. The van der Waals surface area contributed by atoms with Crippen molar-refractivity contribution in [3.05, 3.63) is 53.6 Å². The fourth-order valence-electron chi connectivity index (χ4n) is 1.96. The Bertz CT molecular complexity index is 681. The van der Waals surface area contributed by atoms with Gasteiger partial charge in [0.1, 0.15) is 5.75 Å². The number of methoxy groups -OCH3 is 1. The molecule has 1 amide bonds. The van der Waals surface area contributed by atoms with Gasteiger partial charge < -0.3 is 10.5 Å². The highest BCUT2D eigenvalue weighted by atomic mass is 19.4. The van der Waals surface area contributed by atoms with Gasteiger partial charge in [-0.3, -0.25) is 4.79 Å². The molecular formula is C15H12F3NO2. The number of carbonyl (C=O) groups is 1. The van der Waals surface area contributed by atoms with Crippen LogP contribution in [-0.4, -0.2) is 13.0 Å². The van der Waals surface area contributed by atoms with E-state index in [0.29, 0.717) is 11.1 Å². The number of rotatable bonds is 3. The number of carbonyl (C=O) groups excluding carboxylic acids is 1. The van der Waals surface area contributed by atoms with Crippen LogP contribution in [0.3, 0.4) is 0 Å². The van der Waals surface area contributed by atoms with Gasteiger partial charge in [-0.05, 0) is 35.4 Å². The first-order valence-electron chi connectivity index (χ1n) is 5.98. The van der Waals surface area contributed by atoms with Gasteiger partial charge in [0.25, 0.3) is 0 Å². The fraction of sp³-hybridized carbons (Fsp3) is 0.133. The number of hydrogen-bond donors (Lipinski definition) is 1. The summed E-state index contributed by atoms with van der Waals surface area (Å²) in [4.78, 5) is 11.1. The Morgan fingerprint density at radius 2 is 1.76 bits per heavy atom. The van der Waals surface area contributed by atoms with Gasteiger partial charge in [0.15, 0.2) is 0 Å². The van der Waals surface area contributed by atoms with Crippen LogP contribution in [0.2, 0.25) is 0 Å². The second-order valence-corrected chi connectivity index (χ2v) is 4.36. The Morgan fingerprint density at radius 1 is 1.10 bits per heavy atom. The zero-order valence-corrected chi connectivity index (χ0v) is 11.1. The summed E-state index contributed by atoms with van der Waals surface area (Å²) in [5, 5.41) is 0. The number of ether oxygens (including phenoxy) is 1. The molecule has 0 aliphatic carbocycles. The predicted molar refractivity (Wildman–Crippen MR) is 71.9 cm³/mol. The van der Waals surface area contributed by atoms with Crippen molar-refractivity contribution in [3.63, 3.8) is 0 Å². The standard InChI is InChI=1S/C15H12F3NO2/c1-21-13-8-10(5-6-12(13)15(16,17)18)9-3-2-4-11(7-9)14(19)20/h2-8H,1H3,(H2,19,20). The minimum Gasteiger partial charge on any atom is -0.496 e. The molecular weight excluding hydrogens is 283 g/mol. The molecule has 110 valence electrons. The van der Waals surface area contributed by atoms with Gasteiger partial charge in [-0.25, -0.2) is 0 Å². The number of halogens is 3. The Labute approximate surface area is 119 Å². The molecule has 0 aromatic heterocycles. The molecule has 2 N–H and O–H groups in total. The van der Waals surface area contributed by atoms with Crippen LogP contribution in [0.5, 0.6) is 5.75 Å². The molecule has 2 aromatic carbocycles. The third-order valence-corrected chi connectivity index (χ3v) is 2.99. The average Bonchev–Trinajstić information content (AvgIpc) is 2.45. The second kappa shape index (κ2) is 5.47. The van der Waals surface area contributed by atoms with Gasteiger partial charge in [-0.2, -0.15) is 13.2 Å². The van der Waals surface area contributed by atoms with Crippen LogP contribution in [0.25, 0.3) is 11.1 Å². The molecule has 2 rings (SSSR count). The molecule has 0 radical (unpaired) electrons. The number of alkyl halides is 3. The fourth-order valence-corrected chi connectivity index (χ4v) is 1.96. The van der Waals surface area contributed by atoms with Crippen molar-refractivity contribution in [2.75, 3.05) is 7.11 Å². The molecule has 0 aliphatic heterocycles. The summed E-state index contributed by atoms with van der Waals surface area (Å²) >= 11 is 0. The van der Waals surface area contributed by atoms with E-state index >= 15 is 0 Å². The molecule has 21 heavy (non-hydrogen) atoms. The van der Waals surface area contributed by atoms with Gasteiger partial charge in [0, 0.05) is 5.56 Å². The van der Waals surface area contributed by atoms with E-state index in [4.69, 9.17) is 10.5 Å². The lowest BCUT2D eigenvalue weighted by Gasteiger charge is -2.13. The molecule has 2 aromatic rings. The molecule has 0 fully saturated rings. The number of benzene rings is 2. The van der Waals surface area contributed by atoms with Crippen molar-refractivity contribution in [2.24, 2.45) is 5.73 Å². The summed E-state index contributed by atoms with van der Waals surface area (Å²) in [5.74, 6) is -0.875. The van der Waals surface area contributed by atoms with Crippen LogP contribution in [0, 0.1) is 0 Å². The summed E-state index contributed by atoms with van der Waals surface area (Å²) in [6, 6.07) is 9.89. The van der Waals surface area contributed by atoms with Crippen LogP contribution in [0.15, 0.2) is 42.5 Å². The van der Waals surface area contributed by atoms with Crippen molar-refractivity contribution in [1.82, 2.24) is 0 Å². The van der Waals surface area contributed by atoms with Gasteiger partial charge in [-0.1, -0.05) is 18.2 Å². The lowest BCUT2D eigenvalue weighted by atomic mass is 10.0. The Kier molecular flexibility index (Phi) is 3.88. The molecule has 6 heteroatoms. The molecule has 3 nitrogen and oxygen atoms in total. The van der Waals surface area contributed by atoms with Crippen molar-refractivity contribution >= 4 is 5.91 Å². The SMILES string of the molecule is COc1cc(-c2cccc(C(N)=O)c2)ccc1C(F)(F)F. The second-order valence-electron chi connectivity index (χ2n) is 4.36. The molecule has 0 atom stereocenters. The van der Waals surface area contributed by atoms with E-state index in [1.165, 1.54) is 31.4 Å². The van der Waals surface area contributed by atoms with E-state index in [9.17, 15) is 18.0 Å². The van der Waals surface area contributed by atoms with Crippen molar-refractivity contribution in [1.29, 1.82) is 0 Å². The number of hydrogen-bond acceptors (Lipinski definition) is 2. The summed E-state index contributed by atoms with van der Waals surface area (Å²) in [6.45, 7) is 0. The highest BCUT2D eigenvalue weighted by molar-refractivity contribution is 5.94. The van der Waals surface area contributed by atoms with Gasteiger partial charge in [0.2, 0.25) is 5.91 Å².